The molecule has 1 atom stereocenters. The number of hydrogen-bond donors (Lipinski definition) is 2. The Morgan fingerprint density at radius 3 is 2.28 bits per heavy atom. The first-order valence-electron chi connectivity index (χ1n) is 8.54. The molecule has 2 N–H and O–H groups in total. The lowest BCUT2D eigenvalue weighted by atomic mass is 10.1. The normalized spacial score (nSPS) is 13.0. The molecular formula is C17H11F7N6O2. The van der Waals surface area contributed by atoms with Gasteiger partial charge in [0.05, 0.1) is 11.6 Å². The number of carbonyl (C=O) groups is 1. The average molecular weight is 464 g/mol. The van der Waals surface area contributed by atoms with Crippen LogP contribution in [0.5, 0.6) is 0 Å². The maximum Gasteiger partial charge on any atom is 0.471 e. The van der Waals surface area contributed by atoms with Crippen LogP contribution in [0.15, 0.2) is 41.2 Å². The molecule has 0 radical (unpaired) electrons. The highest BCUT2D eigenvalue weighted by Crippen LogP contribution is 2.29. The lowest BCUT2D eigenvalue weighted by Crippen LogP contribution is -2.40. The highest BCUT2D eigenvalue weighted by atomic mass is 19.4. The van der Waals surface area contributed by atoms with Crippen LogP contribution in [0.25, 0.3) is 11.4 Å². The fourth-order valence-corrected chi connectivity index (χ4v) is 2.42. The number of hydrogen-bond acceptors (Lipinski definition) is 7. The molecule has 3 aromatic rings. The number of nitrogens with one attached hydrogen (secondary N) is 2. The van der Waals surface area contributed by atoms with Gasteiger partial charge in [-0.15, -0.1) is 0 Å². The molecule has 0 aliphatic rings. The van der Waals surface area contributed by atoms with Crippen LogP contribution >= 0.6 is 0 Å². The number of rotatable bonds is 6. The van der Waals surface area contributed by atoms with Gasteiger partial charge in [0, 0.05) is 24.5 Å². The van der Waals surface area contributed by atoms with Crippen LogP contribution < -0.4 is 10.6 Å². The second-order valence-corrected chi connectivity index (χ2v) is 6.14. The van der Waals surface area contributed by atoms with Gasteiger partial charge in [0.2, 0.25) is 11.8 Å². The molecule has 2 heterocycles. The zero-order valence-electron chi connectivity index (χ0n) is 15.5. The van der Waals surface area contributed by atoms with Gasteiger partial charge in [-0.05, 0) is 6.07 Å². The molecule has 0 aliphatic heterocycles. The molecule has 0 fully saturated rings. The van der Waals surface area contributed by atoms with Crippen molar-refractivity contribution in [3.8, 4) is 11.4 Å². The number of benzene rings is 1. The third kappa shape index (κ3) is 5.47. The Morgan fingerprint density at radius 2 is 1.72 bits per heavy atom. The van der Waals surface area contributed by atoms with Crippen LogP contribution in [-0.2, 0) is 11.0 Å². The number of carbonyl (C=O) groups excluding carboxylic acids is 1. The molecule has 1 amide bonds. The smallest absolute Gasteiger partial charge is 0.346 e. The molecule has 0 saturated heterocycles. The molecule has 15 heteroatoms. The molecule has 32 heavy (non-hydrogen) atoms. The van der Waals surface area contributed by atoms with E-state index in [1.54, 1.807) is 5.32 Å². The Balaban J connectivity index is 1.79. The van der Waals surface area contributed by atoms with E-state index < -0.39 is 48.4 Å². The number of anilines is 1. The maximum atomic E-state index is 14.2. The SMILES string of the molecule is O=C(NCC(Nc1ncc(-c2noc(C(F)(F)F)n2)cn1)c1ccccc1F)C(F)(F)F. The van der Waals surface area contributed by atoms with Gasteiger partial charge in [0.1, 0.15) is 5.82 Å². The van der Waals surface area contributed by atoms with E-state index in [0.29, 0.717) is 0 Å². The monoisotopic (exact) mass is 464 g/mol. The minimum Gasteiger partial charge on any atom is -0.346 e. The van der Waals surface area contributed by atoms with Gasteiger partial charge in [-0.1, -0.05) is 23.4 Å². The molecule has 170 valence electrons. The molecule has 2 aromatic heterocycles. The van der Waals surface area contributed by atoms with Gasteiger partial charge in [-0.2, -0.15) is 31.3 Å². The minimum atomic E-state index is -5.14. The Labute approximate surface area is 173 Å². The van der Waals surface area contributed by atoms with Gasteiger partial charge in [0.25, 0.3) is 0 Å². The molecule has 0 bridgehead atoms. The van der Waals surface area contributed by atoms with Crippen LogP contribution in [0.3, 0.4) is 0 Å². The molecule has 0 aliphatic carbocycles. The Bertz CT molecular complexity index is 1080. The van der Waals surface area contributed by atoms with Crippen molar-refractivity contribution in [1.82, 2.24) is 25.4 Å². The molecular weight excluding hydrogens is 453 g/mol. The van der Waals surface area contributed by atoms with E-state index in [-0.39, 0.29) is 17.1 Å². The van der Waals surface area contributed by atoms with Crippen LogP contribution in [0.1, 0.15) is 17.5 Å². The van der Waals surface area contributed by atoms with Gasteiger partial charge >= 0.3 is 24.2 Å². The molecule has 0 saturated carbocycles. The number of nitrogens with zero attached hydrogens (tertiary/aromatic N) is 4. The van der Waals surface area contributed by atoms with Crippen molar-refractivity contribution in [3.63, 3.8) is 0 Å². The predicted molar refractivity (Wildman–Crippen MR) is 92.2 cm³/mol. The lowest BCUT2D eigenvalue weighted by molar-refractivity contribution is -0.173. The number of amides is 1. The van der Waals surface area contributed by atoms with Crippen molar-refractivity contribution in [2.75, 3.05) is 11.9 Å². The zero-order chi connectivity index (χ0) is 23.5. The second-order valence-electron chi connectivity index (χ2n) is 6.14. The fraction of sp³-hybridized carbons (Fsp3) is 0.235. The number of aromatic nitrogens is 4. The van der Waals surface area contributed by atoms with Gasteiger partial charge in [0.15, 0.2) is 0 Å². The summed E-state index contributed by atoms with van der Waals surface area (Å²) >= 11 is 0. The summed E-state index contributed by atoms with van der Waals surface area (Å²) in [6.07, 6.45) is -7.95. The molecule has 1 unspecified atom stereocenters. The van der Waals surface area contributed by atoms with Crippen molar-refractivity contribution in [2.45, 2.75) is 18.4 Å². The van der Waals surface area contributed by atoms with E-state index in [1.165, 1.54) is 18.2 Å². The molecule has 3 rings (SSSR count). The summed E-state index contributed by atoms with van der Waals surface area (Å²) in [5.74, 6) is -5.24. The first kappa shape index (κ1) is 22.9. The number of halogens is 7. The molecule has 8 nitrogen and oxygen atoms in total. The van der Waals surface area contributed by atoms with Crippen LogP contribution in [-0.4, -0.2) is 38.7 Å². The van der Waals surface area contributed by atoms with Gasteiger partial charge in [-0.25, -0.2) is 14.4 Å². The zero-order valence-corrected chi connectivity index (χ0v) is 15.5. The third-order valence-corrected chi connectivity index (χ3v) is 3.89. The third-order valence-electron chi connectivity index (χ3n) is 3.89. The summed E-state index contributed by atoms with van der Waals surface area (Å²) in [6, 6.07) is 3.91. The molecule has 0 spiro atoms. The average Bonchev–Trinajstić information content (AvgIpc) is 3.22. The van der Waals surface area contributed by atoms with Crippen LogP contribution in [0.2, 0.25) is 0 Å². The summed E-state index contributed by atoms with van der Waals surface area (Å²) in [5.41, 5.74) is -0.141. The predicted octanol–water partition coefficient (Wildman–Crippen LogP) is 3.52. The standard InChI is InChI=1S/C17H11F7N6O2/c18-10-4-2-1-3-9(10)11(7-25-13(31)16(19,20)21)28-15-26-5-8(6-27-15)12-29-14(32-30-12)17(22,23)24/h1-6,11H,7H2,(H,25,31)(H,26,27,28). The summed E-state index contributed by atoms with van der Waals surface area (Å²) in [7, 11) is 0. The van der Waals surface area contributed by atoms with Crippen molar-refractivity contribution in [2.24, 2.45) is 0 Å². The van der Waals surface area contributed by atoms with Crippen molar-refractivity contribution >= 4 is 11.9 Å². The molecule has 1 aromatic carbocycles. The second kappa shape index (κ2) is 8.76. The summed E-state index contributed by atoms with van der Waals surface area (Å²) in [4.78, 5) is 21.9. The van der Waals surface area contributed by atoms with Crippen molar-refractivity contribution in [3.05, 3.63) is 53.9 Å². The van der Waals surface area contributed by atoms with Gasteiger partial charge in [-0.3, -0.25) is 4.79 Å². The first-order valence-corrected chi connectivity index (χ1v) is 8.54. The van der Waals surface area contributed by atoms with E-state index in [1.807, 2.05) is 0 Å². The first-order chi connectivity index (χ1) is 14.9. The number of alkyl halides is 6. The fourth-order valence-electron chi connectivity index (χ4n) is 2.42. The Hall–Kier alpha value is -3.78. The summed E-state index contributed by atoms with van der Waals surface area (Å²) in [5, 5.41) is 7.36. The van der Waals surface area contributed by atoms with Crippen LogP contribution in [0.4, 0.5) is 36.7 Å². The quantitative estimate of drug-likeness (QED) is 0.538. The maximum absolute atomic E-state index is 14.2. The highest BCUT2D eigenvalue weighted by molar-refractivity contribution is 5.81. The van der Waals surface area contributed by atoms with Crippen molar-refractivity contribution < 1.29 is 40.1 Å². The highest BCUT2D eigenvalue weighted by Gasteiger charge is 2.39. The largest absolute Gasteiger partial charge is 0.471 e. The van der Waals surface area contributed by atoms with Crippen molar-refractivity contribution in [1.29, 1.82) is 0 Å². The minimum absolute atomic E-state index is 0.0531. The van der Waals surface area contributed by atoms with Crippen LogP contribution in [0, 0.1) is 5.82 Å². The Morgan fingerprint density at radius 1 is 1.06 bits per heavy atom. The summed E-state index contributed by atoms with van der Waals surface area (Å²) < 4.78 is 93.3. The van der Waals surface area contributed by atoms with E-state index >= 15 is 0 Å². The van der Waals surface area contributed by atoms with E-state index in [9.17, 15) is 35.5 Å². The van der Waals surface area contributed by atoms with E-state index in [4.69, 9.17) is 0 Å². The topological polar surface area (TPSA) is 106 Å². The van der Waals surface area contributed by atoms with E-state index in [2.05, 4.69) is 29.9 Å². The van der Waals surface area contributed by atoms with Gasteiger partial charge < -0.3 is 15.2 Å². The van der Waals surface area contributed by atoms with E-state index in [0.717, 1.165) is 18.5 Å². The summed E-state index contributed by atoms with van der Waals surface area (Å²) in [6.45, 7) is -0.676. The Kier molecular flexibility index (Phi) is 6.27. The lowest BCUT2D eigenvalue weighted by Gasteiger charge is -2.20.